The van der Waals surface area contributed by atoms with E-state index in [4.69, 9.17) is 0 Å². The lowest BCUT2D eigenvalue weighted by Gasteiger charge is -2.27. The van der Waals surface area contributed by atoms with Gasteiger partial charge in [-0.05, 0) is 61.5 Å². The first-order valence-corrected chi connectivity index (χ1v) is 8.09. The zero-order valence-corrected chi connectivity index (χ0v) is 12.6. The highest BCUT2D eigenvalue weighted by Crippen LogP contribution is 2.36. The molecule has 104 valence electrons. The lowest BCUT2D eigenvalue weighted by molar-refractivity contribution is 0.375. The molecule has 1 aliphatic carbocycles. The molecular weight excluding hydrogens is 228 g/mol. The lowest BCUT2D eigenvalue weighted by Crippen LogP contribution is -2.11. The summed E-state index contributed by atoms with van der Waals surface area (Å²) in [6.07, 6.45) is 14.0. The zero-order chi connectivity index (χ0) is 13.5. The van der Waals surface area contributed by atoms with Gasteiger partial charge in [-0.15, -0.1) is 0 Å². The van der Waals surface area contributed by atoms with E-state index in [1.165, 1.54) is 44.1 Å². The van der Waals surface area contributed by atoms with Gasteiger partial charge in [-0.2, -0.15) is 0 Å². The van der Waals surface area contributed by atoms with Gasteiger partial charge in [0.1, 0.15) is 0 Å². The van der Waals surface area contributed by atoms with Crippen LogP contribution in [0.1, 0.15) is 69.4 Å². The summed E-state index contributed by atoms with van der Waals surface area (Å²) >= 11 is 0. The van der Waals surface area contributed by atoms with E-state index in [1.807, 2.05) is 0 Å². The van der Waals surface area contributed by atoms with Crippen molar-refractivity contribution in [2.24, 2.45) is 5.92 Å². The molecule has 0 nitrogen and oxygen atoms in total. The maximum atomic E-state index is 2.47. The van der Waals surface area contributed by atoms with Crippen molar-refractivity contribution in [3.8, 4) is 0 Å². The Balaban J connectivity index is 1.85. The fourth-order valence-corrected chi connectivity index (χ4v) is 3.13. The molecule has 19 heavy (non-hydrogen) atoms. The number of unbranched alkanes of at least 4 members (excludes halogenated alkanes) is 1. The van der Waals surface area contributed by atoms with Gasteiger partial charge >= 0.3 is 0 Å². The van der Waals surface area contributed by atoms with Gasteiger partial charge in [0.25, 0.3) is 0 Å². The van der Waals surface area contributed by atoms with Crippen molar-refractivity contribution in [3.63, 3.8) is 0 Å². The first-order chi connectivity index (χ1) is 9.33. The molecule has 1 aliphatic rings. The molecule has 0 spiro atoms. The van der Waals surface area contributed by atoms with Crippen molar-refractivity contribution in [2.45, 2.75) is 64.7 Å². The third kappa shape index (κ3) is 4.23. The third-order valence-electron chi connectivity index (χ3n) is 4.49. The van der Waals surface area contributed by atoms with Crippen LogP contribution in [0.4, 0.5) is 0 Å². The number of rotatable bonds is 5. The van der Waals surface area contributed by atoms with Crippen LogP contribution >= 0.6 is 0 Å². The quantitative estimate of drug-likeness (QED) is 0.577. The van der Waals surface area contributed by atoms with Gasteiger partial charge in [0.2, 0.25) is 0 Å². The molecule has 1 aromatic carbocycles. The second kappa shape index (κ2) is 7.53. The highest BCUT2D eigenvalue weighted by Gasteiger charge is 2.20. The van der Waals surface area contributed by atoms with Crippen LogP contribution in [-0.4, -0.2) is 0 Å². The van der Waals surface area contributed by atoms with Crippen LogP contribution < -0.4 is 0 Å². The zero-order valence-electron chi connectivity index (χ0n) is 12.6. The van der Waals surface area contributed by atoms with Crippen LogP contribution in [0.5, 0.6) is 0 Å². The van der Waals surface area contributed by atoms with Crippen molar-refractivity contribution in [1.82, 2.24) is 0 Å². The molecule has 0 aliphatic heterocycles. The average Bonchev–Trinajstić information content (AvgIpc) is 2.48. The van der Waals surface area contributed by atoms with Crippen LogP contribution in [-0.2, 0) is 6.42 Å². The summed E-state index contributed by atoms with van der Waals surface area (Å²) in [4.78, 5) is 0. The first kappa shape index (κ1) is 14.4. The first-order valence-electron chi connectivity index (χ1n) is 8.09. The molecule has 2 rings (SSSR count). The van der Waals surface area contributed by atoms with Crippen LogP contribution in [0.2, 0.25) is 0 Å². The maximum absolute atomic E-state index is 2.47. The lowest BCUT2D eigenvalue weighted by atomic mass is 9.78. The largest absolute Gasteiger partial charge is 0.0883 e. The summed E-state index contributed by atoms with van der Waals surface area (Å²) in [5, 5.41) is 0. The molecule has 0 heteroatoms. The summed E-state index contributed by atoms with van der Waals surface area (Å²) < 4.78 is 0. The Labute approximate surface area is 118 Å². The van der Waals surface area contributed by atoms with E-state index >= 15 is 0 Å². The Morgan fingerprint density at radius 3 is 2.26 bits per heavy atom. The second-order valence-electron chi connectivity index (χ2n) is 5.92. The van der Waals surface area contributed by atoms with Crippen molar-refractivity contribution in [3.05, 3.63) is 47.5 Å². The Morgan fingerprint density at radius 2 is 1.68 bits per heavy atom. The summed E-state index contributed by atoms with van der Waals surface area (Å²) in [7, 11) is 0. The molecule has 0 aromatic heterocycles. The van der Waals surface area contributed by atoms with E-state index in [0.717, 1.165) is 18.3 Å². The molecule has 0 N–H and O–H groups in total. The van der Waals surface area contributed by atoms with E-state index in [9.17, 15) is 0 Å². The minimum atomic E-state index is 0.807. The van der Waals surface area contributed by atoms with Crippen LogP contribution in [0.25, 0.3) is 0 Å². The van der Waals surface area contributed by atoms with E-state index in [0.29, 0.717) is 0 Å². The molecule has 0 bridgehead atoms. The van der Waals surface area contributed by atoms with Crippen molar-refractivity contribution in [1.29, 1.82) is 0 Å². The van der Waals surface area contributed by atoms with Crippen LogP contribution in [0, 0.1) is 5.92 Å². The highest BCUT2D eigenvalue weighted by atomic mass is 14.3. The molecule has 1 aromatic rings. The number of hydrogen-bond acceptors (Lipinski definition) is 0. The molecule has 0 heterocycles. The average molecular weight is 256 g/mol. The molecule has 0 saturated heterocycles. The Morgan fingerprint density at radius 1 is 1.00 bits per heavy atom. The highest BCUT2D eigenvalue weighted by molar-refractivity contribution is 5.25. The SMILES string of the molecule is CCCC=CC1CCC(c2ccc(CC)cc2)CC1. The fourth-order valence-electron chi connectivity index (χ4n) is 3.13. The summed E-state index contributed by atoms with van der Waals surface area (Å²) in [6.45, 7) is 4.48. The minimum absolute atomic E-state index is 0.807. The van der Waals surface area contributed by atoms with Crippen molar-refractivity contribution in [2.75, 3.05) is 0 Å². The van der Waals surface area contributed by atoms with Crippen molar-refractivity contribution < 1.29 is 0 Å². The standard InChI is InChI=1S/C19H28/c1-3-5-6-7-17-10-14-19(15-11-17)18-12-8-16(4-2)9-13-18/h6-9,12-13,17,19H,3-5,10-11,14-15H2,1-2H3. The van der Waals surface area contributed by atoms with E-state index in [1.54, 1.807) is 5.56 Å². The van der Waals surface area contributed by atoms with Crippen LogP contribution in [0.15, 0.2) is 36.4 Å². The molecule has 0 atom stereocenters. The fraction of sp³-hybridized carbons (Fsp3) is 0.579. The smallest absolute Gasteiger partial charge is 0.0162 e. The van der Waals surface area contributed by atoms with Gasteiger partial charge in [0.05, 0.1) is 0 Å². The van der Waals surface area contributed by atoms with Gasteiger partial charge in [-0.25, -0.2) is 0 Å². The number of allylic oxidation sites excluding steroid dienone is 2. The second-order valence-corrected chi connectivity index (χ2v) is 5.92. The Hall–Kier alpha value is -1.04. The Kier molecular flexibility index (Phi) is 5.69. The molecular formula is C19H28. The molecule has 1 saturated carbocycles. The summed E-state index contributed by atoms with van der Waals surface area (Å²) in [5.41, 5.74) is 3.02. The molecule has 0 radical (unpaired) electrons. The van der Waals surface area contributed by atoms with Gasteiger partial charge in [0, 0.05) is 0 Å². The van der Waals surface area contributed by atoms with Gasteiger partial charge in [0.15, 0.2) is 0 Å². The summed E-state index contributed by atoms with van der Waals surface area (Å²) in [5.74, 6) is 1.65. The normalized spacial score (nSPS) is 23.9. The number of benzene rings is 1. The third-order valence-corrected chi connectivity index (χ3v) is 4.49. The van der Waals surface area contributed by atoms with Crippen LogP contribution in [0.3, 0.4) is 0 Å². The van der Waals surface area contributed by atoms with E-state index in [-0.39, 0.29) is 0 Å². The van der Waals surface area contributed by atoms with Gasteiger partial charge < -0.3 is 0 Å². The van der Waals surface area contributed by atoms with Gasteiger partial charge in [-0.1, -0.05) is 56.7 Å². The topological polar surface area (TPSA) is 0 Å². The van der Waals surface area contributed by atoms with E-state index in [2.05, 4.69) is 50.3 Å². The monoisotopic (exact) mass is 256 g/mol. The van der Waals surface area contributed by atoms with Gasteiger partial charge in [-0.3, -0.25) is 0 Å². The predicted octanol–water partition coefficient (Wildman–Crippen LogP) is 5.88. The minimum Gasteiger partial charge on any atom is -0.0883 e. The maximum Gasteiger partial charge on any atom is -0.0162 e. The molecule has 0 amide bonds. The van der Waals surface area contributed by atoms with Crippen molar-refractivity contribution >= 4 is 0 Å². The Bertz CT molecular complexity index is 377. The van der Waals surface area contributed by atoms with E-state index < -0.39 is 0 Å². The summed E-state index contributed by atoms with van der Waals surface area (Å²) in [6, 6.07) is 9.33. The predicted molar refractivity (Wildman–Crippen MR) is 84.6 cm³/mol. The number of hydrogen-bond donors (Lipinski definition) is 0. The molecule has 1 fully saturated rings. The number of aryl methyl sites for hydroxylation is 1. The molecule has 0 unspecified atom stereocenters.